The van der Waals surface area contributed by atoms with Gasteiger partial charge in [-0.1, -0.05) is 13.8 Å². The third-order valence-electron chi connectivity index (χ3n) is 3.57. The fraction of sp³-hybridized carbons (Fsp3) is 0.625. The Balaban J connectivity index is 3.00. The molecular formula is C16H26N2O2. The molecule has 2 unspecified atom stereocenters. The van der Waals surface area contributed by atoms with Crippen molar-refractivity contribution in [3.8, 4) is 0 Å². The van der Waals surface area contributed by atoms with Crippen LogP contribution in [0.3, 0.4) is 0 Å². The number of nitrogens with one attached hydrogen (secondary N) is 1. The summed E-state index contributed by atoms with van der Waals surface area (Å²) in [6, 6.07) is 1.81. The highest BCUT2D eigenvalue weighted by molar-refractivity contribution is 5.76. The van der Waals surface area contributed by atoms with Gasteiger partial charge in [0.05, 0.1) is 7.11 Å². The quantitative estimate of drug-likeness (QED) is 0.841. The van der Waals surface area contributed by atoms with Crippen molar-refractivity contribution in [2.24, 2.45) is 5.92 Å². The zero-order valence-electron chi connectivity index (χ0n) is 13.6. The van der Waals surface area contributed by atoms with Crippen LogP contribution in [-0.2, 0) is 9.53 Å². The van der Waals surface area contributed by atoms with E-state index in [1.807, 2.05) is 27.7 Å². The molecule has 1 aromatic rings. The molecule has 1 rings (SSSR count). The predicted molar refractivity (Wildman–Crippen MR) is 80.6 cm³/mol. The van der Waals surface area contributed by atoms with Crippen molar-refractivity contribution in [3.05, 3.63) is 28.6 Å². The fourth-order valence-electron chi connectivity index (χ4n) is 2.70. The molecule has 4 nitrogen and oxygen atoms in total. The normalized spacial score (nSPS) is 14.2. The molecule has 0 bridgehead atoms. The monoisotopic (exact) mass is 278 g/mol. The van der Waals surface area contributed by atoms with E-state index >= 15 is 0 Å². The summed E-state index contributed by atoms with van der Waals surface area (Å²) in [6.45, 7) is 12.2. The summed E-state index contributed by atoms with van der Waals surface area (Å²) in [5.41, 5.74) is 4.38. The van der Waals surface area contributed by atoms with E-state index in [0.717, 1.165) is 17.0 Å². The van der Waals surface area contributed by atoms with E-state index in [2.05, 4.69) is 30.2 Å². The molecule has 0 aliphatic rings. The van der Waals surface area contributed by atoms with Crippen molar-refractivity contribution >= 4 is 5.97 Å². The molecule has 1 aromatic heterocycles. The number of nitrogens with zero attached hydrogens (tertiary/aromatic N) is 1. The number of methoxy groups -OCH3 is 1. The van der Waals surface area contributed by atoms with Crippen LogP contribution in [0.15, 0.2) is 6.07 Å². The van der Waals surface area contributed by atoms with E-state index in [9.17, 15) is 4.79 Å². The Bertz CT molecular complexity index is 460. The summed E-state index contributed by atoms with van der Waals surface area (Å²) in [5, 5.41) is 3.37. The SMILES string of the molecule is COC(=O)C(NC(C)c1c(C)cc(C)nc1C)C(C)C. The van der Waals surface area contributed by atoms with Crippen LogP contribution in [-0.4, -0.2) is 24.1 Å². The lowest BCUT2D eigenvalue weighted by Gasteiger charge is -2.26. The van der Waals surface area contributed by atoms with Crippen LogP contribution < -0.4 is 5.32 Å². The van der Waals surface area contributed by atoms with Crippen molar-refractivity contribution in [1.29, 1.82) is 0 Å². The highest BCUT2D eigenvalue weighted by Crippen LogP contribution is 2.22. The van der Waals surface area contributed by atoms with Gasteiger partial charge in [0.25, 0.3) is 0 Å². The Morgan fingerprint density at radius 3 is 2.30 bits per heavy atom. The summed E-state index contributed by atoms with van der Waals surface area (Å²) in [5.74, 6) is -0.0499. The standard InChI is InChI=1S/C16H26N2O2/c1-9(2)15(16(19)20-7)18-13(6)14-10(3)8-11(4)17-12(14)5/h8-9,13,15,18H,1-7H3. The second kappa shape index (κ2) is 6.84. The zero-order chi connectivity index (χ0) is 15.4. The lowest BCUT2D eigenvalue weighted by Crippen LogP contribution is -2.43. The number of aromatic nitrogens is 1. The van der Waals surface area contributed by atoms with Crippen molar-refractivity contribution < 1.29 is 9.53 Å². The van der Waals surface area contributed by atoms with Gasteiger partial charge >= 0.3 is 5.97 Å². The summed E-state index contributed by atoms with van der Waals surface area (Å²) >= 11 is 0. The second-order valence-electron chi connectivity index (χ2n) is 5.71. The van der Waals surface area contributed by atoms with Gasteiger partial charge in [0.1, 0.15) is 6.04 Å². The van der Waals surface area contributed by atoms with Crippen molar-refractivity contribution in [3.63, 3.8) is 0 Å². The maximum Gasteiger partial charge on any atom is 0.323 e. The molecule has 0 fully saturated rings. The number of rotatable bonds is 5. The molecule has 0 aliphatic carbocycles. The molecule has 1 N–H and O–H groups in total. The van der Waals surface area contributed by atoms with Gasteiger partial charge in [-0.25, -0.2) is 0 Å². The number of aryl methyl sites for hydroxylation is 3. The first-order chi connectivity index (χ1) is 9.27. The summed E-state index contributed by atoms with van der Waals surface area (Å²) in [7, 11) is 1.42. The average Bonchev–Trinajstić information content (AvgIpc) is 2.33. The first-order valence-corrected chi connectivity index (χ1v) is 7.06. The first-order valence-electron chi connectivity index (χ1n) is 7.06. The Labute approximate surface area is 121 Å². The number of carbonyl (C=O) groups is 1. The van der Waals surface area contributed by atoms with Gasteiger partial charge in [-0.3, -0.25) is 15.1 Å². The molecule has 0 aromatic carbocycles. The van der Waals surface area contributed by atoms with E-state index in [0.29, 0.717) is 0 Å². The van der Waals surface area contributed by atoms with Gasteiger partial charge in [-0.05, 0) is 50.8 Å². The van der Waals surface area contributed by atoms with Crippen LogP contribution in [0, 0.1) is 26.7 Å². The lowest BCUT2D eigenvalue weighted by atomic mass is 9.97. The molecule has 0 spiro atoms. The first kappa shape index (κ1) is 16.6. The maximum absolute atomic E-state index is 11.8. The zero-order valence-corrected chi connectivity index (χ0v) is 13.6. The minimum absolute atomic E-state index is 0.0506. The Morgan fingerprint density at radius 2 is 1.85 bits per heavy atom. The van der Waals surface area contributed by atoms with E-state index in [1.165, 1.54) is 12.7 Å². The third kappa shape index (κ3) is 3.79. The van der Waals surface area contributed by atoms with Crippen LogP contribution >= 0.6 is 0 Å². The third-order valence-corrected chi connectivity index (χ3v) is 3.57. The molecular weight excluding hydrogens is 252 g/mol. The topological polar surface area (TPSA) is 51.2 Å². The second-order valence-corrected chi connectivity index (χ2v) is 5.71. The molecule has 0 saturated carbocycles. The number of hydrogen-bond donors (Lipinski definition) is 1. The van der Waals surface area contributed by atoms with E-state index < -0.39 is 0 Å². The molecule has 1 heterocycles. The number of esters is 1. The maximum atomic E-state index is 11.8. The minimum atomic E-state index is -0.310. The van der Waals surface area contributed by atoms with Crippen molar-refractivity contribution in [1.82, 2.24) is 10.3 Å². The lowest BCUT2D eigenvalue weighted by molar-refractivity contribution is -0.144. The number of hydrogen-bond acceptors (Lipinski definition) is 4. The van der Waals surface area contributed by atoms with Crippen molar-refractivity contribution in [2.75, 3.05) is 7.11 Å². The van der Waals surface area contributed by atoms with Gasteiger partial charge in [0.15, 0.2) is 0 Å². The average molecular weight is 278 g/mol. The molecule has 0 saturated heterocycles. The van der Waals surface area contributed by atoms with E-state index in [-0.39, 0.29) is 24.0 Å². The fourth-order valence-corrected chi connectivity index (χ4v) is 2.70. The van der Waals surface area contributed by atoms with Crippen LogP contribution in [0.5, 0.6) is 0 Å². The summed E-state index contributed by atoms with van der Waals surface area (Å²) < 4.78 is 4.87. The molecule has 2 atom stereocenters. The number of pyridine rings is 1. The molecule has 4 heteroatoms. The van der Waals surface area contributed by atoms with Crippen LogP contribution in [0.2, 0.25) is 0 Å². The van der Waals surface area contributed by atoms with Gasteiger partial charge in [-0.15, -0.1) is 0 Å². The molecule has 0 radical (unpaired) electrons. The number of ether oxygens (including phenoxy) is 1. The Morgan fingerprint density at radius 1 is 1.25 bits per heavy atom. The summed E-state index contributed by atoms with van der Waals surface area (Å²) in [4.78, 5) is 16.4. The largest absolute Gasteiger partial charge is 0.468 e. The highest BCUT2D eigenvalue weighted by atomic mass is 16.5. The smallest absolute Gasteiger partial charge is 0.323 e. The predicted octanol–water partition coefficient (Wildman–Crippen LogP) is 2.86. The van der Waals surface area contributed by atoms with Crippen LogP contribution in [0.25, 0.3) is 0 Å². The van der Waals surface area contributed by atoms with E-state index in [1.54, 1.807) is 0 Å². The Kier molecular flexibility index (Phi) is 5.69. The van der Waals surface area contributed by atoms with Crippen LogP contribution in [0.4, 0.5) is 0 Å². The molecule has 112 valence electrons. The Hall–Kier alpha value is -1.42. The van der Waals surface area contributed by atoms with E-state index in [4.69, 9.17) is 4.74 Å². The van der Waals surface area contributed by atoms with Gasteiger partial charge in [0.2, 0.25) is 0 Å². The van der Waals surface area contributed by atoms with Gasteiger partial charge in [-0.2, -0.15) is 0 Å². The van der Waals surface area contributed by atoms with Gasteiger partial charge in [0, 0.05) is 17.4 Å². The molecule has 0 aliphatic heterocycles. The van der Waals surface area contributed by atoms with Crippen LogP contribution in [0.1, 0.15) is 49.3 Å². The van der Waals surface area contributed by atoms with Gasteiger partial charge < -0.3 is 4.74 Å². The number of carbonyl (C=O) groups excluding carboxylic acids is 1. The van der Waals surface area contributed by atoms with Crippen molar-refractivity contribution in [2.45, 2.75) is 53.6 Å². The highest BCUT2D eigenvalue weighted by Gasteiger charge is 2.26. The summed E-state index contributed by atoms with van der Waals surface area (Å²) in [6.07, 6.45) is 0. The molecule has 20 heavy (non-hydrogen) atoms. The minimum Gasteiger partial charge on any atom is -0.468 e. The molecule has 0 amide bonds.